The van der Waals surface area contributed by atoms with Crippen molar-refractivity contribution >= 4 is 28.3 Å². The first-order valence-corrected chi connectivity index (χ1v) is 15.7. The number of phenolic OH excluding ortho intramolecular Hbond substituents is 1. The van der Waals surface area contributed by atoms with Crippen LogP contribution in [0, 0.1) is 11.7 Å². The molecule has 4 aromatic rings. The molecule has 3 aromatic heterocycles. The second-order valence-electron chi connectivity index (χ2n) is 12.6. The molecule has 1 N–H and O–H groups in total. The van der Waals surface area contributed by atoms with Gasteiger partial charge >= 0.3 is 6.01 Å². The summed E-state index contributed by atoms with van der Waals surface area (Å²) in [4.78, 5) is 22.9. The van der Waals surface area contributed by atoms with Crippen LogP contribution < -0.4 is 9.64 Å². The summed E-state index contributed by atoms with van der Waals surface area (Å²) in [5.41, 5.74) is 0.619. The molecule has 230 valence electrons. The van der Waals surface area contributed by atoms with Gasteiger partial charge in [-0.05, 0) is 62.3 Å². The molecule has 13 heteroatoms. The highest BCUT2D eigenvalue weighted by molar-refractivity contribution is 6.32. The van der Waals surface area contributed by atoms with E-state index in [-0.39, 0.29) is 40.5 Å². The number of benzene rings is 1. The molecular formula is C31H32ClF2N7O3. The highest BCUT2D eigenvalue weighted by Crippen LogP contribution is 2.42. The lowest BCUT2D eigenvalue weighted by Crippen LogP contribution is -2.43. The number of anilines is 1. The molecule has 5 aliphatic heterocycles. The minimum absolute atomic E-state index is 0.00681. The molecule has 0 radical (unpaired) electrons. The van der Waals surface area contributed by atoms with Gasteiger partial charge in [0.25, 0.3) is 0 Å². The predicted molar refractivity (Wildman–Crippen MR) is 158 cm³/mol. The van der Waals surface area contributed by atoms with Gasteiger partial charge < -0.3 is 19.3 Å². The van der Waals surface area contributed by atoms with Crippen LogP contribution in [0.25, 0.3) is 22.2 Å². The third-order valence-electron chi connectivity index (χ3n) is 9.70. The van der Waals surface area contributed by atoms with Crippen molar-refractivity contribution in [3.8, 4) is 23.0 Å². The Morgan fingerprint density at radius 1 is 1.14 bits per heavy atom. The summed E-state index contributed by atoms with van der Waals surface area (Å²) in [7, 11) is 0. The van der Waals surface area contributed by atoms with Crippen molar-refractivity contribution in [1.82, 2.24) is 30.0 Å². The van der Waals surface area contributed by atoms with Gasteiger partial charge in [0, 0.05) is 55.7 Å². The lowest BCUT2D eigenvalue weighted by molar-refractivity contribution is 0.107. The quantitative estimate of drug-likeness (QED) is 0.331. The Kier molecular flexibility index (Phi) is 6.82. The number of halogens is 3. The maximum Gasteiger partial charge on any atom is 0.319 e. The van der Waals surface area contributed by atoms with Crippen LogP contribution in [0.5, 0.6) is 11.8 Å². The van der Waals surface area contributed by atoms with E-state index >= 15 is 4.39 Å². The van der Waals surface area contributed by atoms with E-state index in [1.165, 1.54) is 12.1 Å². The first-order valence-electron chi connectivity index (χ1n) is 15.3. The average molecular weight is 624 g/mol. The van der Waals surface area contributed by atoms with E-state index in [1.54, 1.807) is 6.20 Å². The minimum Gasteiger partial charge on any atom is -0.508 e. The van der Waals surface area contributed by atoms with Gasteiger partial charge in [-0.3, -0.25) is 9.88 Å². The van der Waals surface area contributed by atoms with E-state index in [2.05, 4.69) is 29.9 Å². The van der Waals surface area contributed by atoms with Crippen molar-refractivity contribution in [2.45, 2.75) is 63.1 Å². The molecule has 3 atom stereocenters. The van der Waals surface area contributed by atoms with E-state index in [0.717, 1.165) is 38.8 Å². The molecule has 0 amide bonds. The molecule has 9 rings (SSSR count). The molecule has 10 nitrogen and oxygen atoms in total. The number of pyridine rings is 1. The molecule has 0 spiro atoms. The van der Waals surface area contributed by atoms with Crippen LogP contribution in [0.15, 0.2) is 22.9 Å². The van der Waals surface area contributed by atoms with Crippen LogP contribution in [-0.4, -0.2) is 79.6 Å². The van der Waals surface area contributed by atoms with Gasteiger partial charge in [-0.25, -0.2) is 8.78 Å². The first kappa shape index (κ1) is 27.9. The van der Waals surface area contributed by atoms with E-state index in [0.29, 0.717) is 72.8 Å². The Morgan fingerprint density at radius 2 is 2.05 bits per heavy atom. The number of ether oxygens (including phenoxy) is 1. The van der Waals surface area contributed by atoms with Gasteiger partial charge in [-0.2, -0.15) is 15.0 Å². The molecule has 3 fully saturated rings. The minimum atomic E-state index is -0.895. The molecular weight excluding hydrogens is 592 g/mol. The van der Waals surface area contributed by atoms with E-state index < -0.39 is 17.5 Å². The number of aryl methyl sites for hydroxylation is 1. The number of nitrogens with zero attached hydrogens (tertiary/aromatic N) is 7. The summed E-state index contributed by atoms with van der Waals surface area (Å²) >= 11 is 6.60. The Hall–Kier alpha value is -3.64. The SMILES string of the molecule is Oc1cc(Cl)c2c(c1)-c1ncc3c(nc(OCC45CCCN4CC(F)C5)nc3c1F)N1CCCC(Cc3noc(n3)CC2)C1. The molecule has 1 aromatic carbocycles. The van der Waals surface area contributed by atoms with Crippen molar-refractivity contribution in [3.63, 3.8) is 0 Å². The first-order chi connectivity index (χ1) is 21.3. The number of hydrogen-bond donors (Lipinski definition) is 1. The smallest absolute Gasteiger partial charge is 0.319 e. The fourth-order valence-corrected chi connectivity index (χ4v) is 7.95. The molecule has 0 saturated carbocycles. The predicted octanol–water partition coefficient (Wildman–Crippen LogP) is 5.09. The topological polar surface area (TPSA) is 114 Å². The van der Waals surface area contributed by atoms with Gasteiger partial charge in [0.05, 0.1) is 10.9 Å². The van der Waals surface area contributed by atoms with Gasteiger partial charge in [0.15, 0.2) is 11.6 Å². The van der Waals surface area contributed by atoms with Crippen molar-refractivity contribution < 1.29 is 23.1 Å². The number of fused-ring (bicyclic) bond motifs is 3. The van der Waals surface area contributed by atoms with Crippen LogP contribution in [0.4, 0.5) is 14.6 Å². The maximum absolute atomic E-state index is 16.7. The number of piperidine rings is 1. The number of rotatable bonds is 3. The summed E-state index contributed by atoms with van der Waals surface area (Å²) in [5.74, 6) is 1.11. The lowest BCUT2D eigenvalue weighted by Gasteiger charge is -2.34. The Bertz CT molecular complexity index is 1760. The van der Waals surface area contributed by atoms with Gasteiger partial charge in [0.1, 0.15) is 35.6 Å². The van der Waals surface area contributed by atoms with Gasteiger partial charge in [-0.1, -0.05) is 16.8 Å². The van der Waals surface area contributed by atoms with Crippen LogP contribution >= 0.6 is 11.6 Å². The van der Waals surface area contributed by atoms with E-state index in [4.69, 9.17) is 25.8 Å². The largest absolute Gasteiger partial charge is 0.508 e. The Balaban J connectivity index is 1.27. The summed E-state index contributed by atoms with van der Waals surface area (Å²) in [6, 6.07) is 2.93. The number of aromatic nitrogens is 5. The van der Waals surface area contributed by atoms with Crippen molar-refractivity contribution in [3.05, 3.63) is 46.4 Å². The fraction of sp³-hybridized carbons (Fsp3) is 0.516. The molecule has 8 bridgehead atoms. The second-order valence-corrected chi connectivity index (χ2v) is 13.0. The summed E-state index contributed by atoms with van der Waals surface area (Å²) < 4.78 is 42.9. The zero-order chi connectivity index (χ0) is 30.0. The number of hydrogen-bond acceptors (Lipinski definition) is 10. The van der Waals surface area contributed by atoms with Crippen molar-refractivity contribution in [1.29, 1.82) is 0 Å². The number of aromatic hydroxyl groups is 1. The highest BCUT2D eigenvalue weighted by Gasteiger charge is 2.49. The summed E-state index contributed by atoms with van der Waals surface area (Å²) in [6.07, 6.45) is 6.20. The van der Waals surface area contributed by atoms with Crippen molar-refractivity contribution in [2.75, 3.05) is 37.7 Å². The lowest BCUT2D eigenvalue weighted by atomic mass is 9.94. The van der Waals surface area contributed by atoms with Gasteiger partial charge in [0.2, 0.25) is 5.89 Å². The van der Waals surface area contributed by atoms with Gasteiger partial charge in [-0.15, -0.1) is 0 Å². The maximum atomic E-state index is 16.7. The molecule has 3 saturated heterocycles. The third kappa shape index (κ3) is 4.82. The van der Waals surface area contributed by atoms with Crippen molar-refractivity contribution in [2.24, 2.45) is 5.92 Å². The second kappa shape index (κ2) is 10.8. The van der Waals surface area contributed by atoms with Crippen LogP contribution in [-0.2, 0) is 19.3 Å². The van der Waals surface area contributed by atoms with E-state index in [1.807, 2.05) is 0 Å². The molecule has 44 heavy (non-hydrogen) atoms. The molecule has 0 aliphatic carbocycles. The summed E-state index contributed by atoms with van der Waals surface area (Å²) in [5, 5.41) is 15.4. The fourth-order valence-electron chi connectivity index (χ4n) is 7.64. The standard InChI is InChI=1S/C31H32ClF2N7O3/c32-23-11-19(42)10-21-20(23)4-5-25-36-24(39-44-25)9-17-3-1-7-40(14-17)29-22-13-35-27(21)26(34)28(22)37-30(38-29)43-16-31-6-2-8-41(31)15-18(33)12-31/h10-11,13,17-18,42H,1-9,12,14-16H2. The monoisotopic (exact) mass is 623 g/mol. The summed E-state index contributed by atoms with van der Waals surface area (Å²) in [6.45, 7) is 2.85. The number of phenols is 1. The molecule has 5 aliphatic rings. The zero-order valence-corrected chi connectivity index (χ0v) is 24.9. The zero-order valence-electron chi connectivity index (χ0n) is 24.1. The molecule has 8 heterocycles. The highest BCUT2D eigenvalue weighted by atomic mass is 35.5. The third-order valence-corrected chi connectivity index (χ3v) is 10.0. The Labute approximate surface area is 257 Å². The van der Waals surface area contributed by atoms with Crippen LogP contribution in [0.3, 0.4) is 0 Å². The van der Waals surface area contributed by atoms with E-state index in [9.17, 15) is 9.50 Å². The molecule has 3 unspecified atom stereocenters. The van der Waals surface area contributed by atoms with Crippen LogP contribution in [0.2, 0.25) is 5.02 Å². The Morgan fingerprint density at radius 3 is 2.95 bits per heavy atom. The van der Waals surface area contributed by atoms with Crippen LogP contribution in [0.1, 0.15) is 49.4 Å². The average Bonchev–Trinajstić information content (AvgIpc) is 3.69. The number of alkyl halides is 1. The normalized spacial score (nSPS) is 25.1.